The normalized spacial score (nSPS) is 12.6. The number of nitrogens with zero attached hydrogens (tertiary/aromatic N) is 1. The average molecular weight is 468 g/mol. The van der Waals surface area contributed by atoms with E-state index in [1.165, 1.54) is 5.56 Å². The Morgan fingerprint density at radius 2 is 1.52 bits per heavy atom. The minimum absolute atomic E-state index is 0.0181. The number of carbonyl (C=O) groups excluding carboxylic acids is 2. The van der Waals surface area contributed by atoms with E-state index in [2.05, 4.69) is 34.0 Å². The van der Waals surface area contributed by atoms with E-state index in [0.717, 1.165) is 15.7 Å². The predicted molar refractivity (Wildman–Crippen MR) is 115 cm³/mol. The quantitative estimate of drug-likeness (QED) is 0.565. The van der Waals surface area contributed by atoms with Gasteiger partial charge in [0, 0.05) is 32.6 Å². The summed E-state index contributed by atoms with van der Waals surface area (Å²) < 4.78 is 1.08. The zero-order valence-electron chi connectivity index (χ0n) is 14.5. The summed E-state index contributed by atoms with van der Waals surface area (Å²) in [6.07, 6.45) is 0.881. The van der Waals surface area contributed by atoms with Gasteiger partial charge in [-0.1, -0.05) is 18.2 Å². The van der Waals surface area contributed by atoms with Gasteiger partial charge < -0.3 is 10.2 Å². The summed E-state index contributed by atoms with van der Waals surface area (Å²) >= 11 is 2.20. The fraction of sp³-hybridized carbons (Fsp3) is 0.0909. The van der Waals surface area contributed by atoms with E-state index >= 15 is 0 Å². The molecule has 27 heavy (non-hydrogen) atoms. The van der Waals surface area contributed by atoms with E-state index in [1.807, 2.05) is 35.2 Å². The molecule has 3 aromatic carbocycles. The van der Waals surface area contributed by atoms with Crippen LogP contribution in [0.15, 0.2) is 72.8 Å². The Morgan fingerprint density at radius 1 is 0.852 bits per heavy atom. The van der Waals surface area contributed by atoms with Crippen LogP contribution in [0.4, 0.5) is 11.4 Å². The predicted octanol–water partition coefficient (Wildman–Crippen LogP) is 4.75. The van der Waals surface area contributed by atoms with Gasteiger partial charge in [-0.25, -0.2) is 0 Å². The van der Waals surface area contributed by atoms with E-state index < -0.39 is 0 Å². The molecule has 1 aliphatic rings. The molecule has 1 aliphatic heterocycles. The maximum Gasteiger partial charge on any atom is 0.258 e. The van der Waals surface area contributed by atoms with Gasteiger partial charge in [-0.15, -0.1) is 0 Å². The fourth-order valence-corrected chi connectivity index (χ4v) is 3.57. The Kier molecular flexibility index (Phi) is 4.94. The second kappa shape index (κ2) is 7.52. The SMILES string of the molecule is O=C(Nc1ccc(C(=O)N2CCc3ccccc32)cc1)c1ccc(I)cc1. The molecule has 4 rings (SSSR count). The molecule has 0 saturated carbocycles. The smallest absolute Gasteiger partial charge is 0.258 e. The Labute approximate surface area is 171 Å². The van der Waals surface area contributed by atoms with Crippen LogP contribution in [-0.4, -0.2) is 18.4 Å². The minimum Gasteiger partial charge on any atom is -0.322 e. The number of halogens is 1. The van der Waals surface area contributed by atoms with Gasteiger partial charge in [-0.3, -0.25) is 9.59 Å². The van der Waals surface area contributed by atoms with Crippen LogP contribution in [0.1, 0.15) is 26.3 Å². The number of nitrogens with one attached hydrogen (secondary N) is 1. The second-order valence-electron chi connectivity index (χ2n) is 6.37. The highest BCUT2D eigenvalue weighted by molar-refractivity contribution is 14.1. The van der Waals surface area contributed by atoms with Gasteiger partial charge in [-0.05, 0) is 89.2 Å². The molecule has 2 amide bonds. The van der Waals surface area contributed by atoms with Gasteiger partial charge in [-0.2, -0.15) is 0 Å². The molecule has 0 unspecified atom stereocenters. The third-order valence-corrected chi connectivity index (χ3v) is 5.35. The number of carbonyl (C=O) groups is 2. The van der Waals surface area contributed by atoms with Crippen molar-refractivity contribution in [1.29, 1.82) is 0 Å². The summed E-state index contributed by atoms with van der Waals surface area (Å²) in [5.41, 5.74) is 4.06. The van der Waals surface area contributed by atoms with Crippen molar-refractivity contribution in [2.75, 3.05) is 16.8 Å². The summed E-state index contributed by atoms with van der Waals surface area (Å²) in [5, 5.41) is 2.86. The van der Waals surface area contributed by atoms with Gasteiger partial charge in [0.2, 0.25) is 0 Å². The third kappa shape index (κ3) is 3.73. The first-order valence-corrected chi connectivity index (χ1v) is 9.76. The molecule has 3 aromatic rings. The van der Waals surface area contributed by atoms with Crippen LogP contribution >= 0.6 is 22.6 Å². The molecule has 0 bridgehead atoms. The maximum atomic E-state index is 12.8. The number of rotatable bonds is 3. The van der Waals surface area contributed by atoms with Crippen molar-refractivity contribution in [2.24, 2.45) is 0 Å². The van der Waals surface area contributed by atoms with E-state index in [0.29, 0.717) is 23.4 Å². The van der Waals surface area contributed by atoms with Crippen molar-refractivity contribution in [3.05, 3.63) is 93.1 Å². The standard InChI is InChI=1S/C22H17IN2O2/c23-18-9-5-16(6-10-18)21(26)24-19-11-7-17(8-12-19)22(27)25-14-13-15-3-1-2-4-20(15)25/h1-12H,13-14H2,(H,24,26). The molecule has 0 spiro atoms. The molecule has 0 aliphatic carbocycles. The molecule has 4 nitrogen and oxygen atoms in total. The number of anilines is 2. The molecule has 134 valence electrons. The van der Waals surface area contributed by atoms with E-state index in [9.17, 15) is 9.59 Å². The highest BCUT2D eigenvalue weighted by Crippen LogP contribution is 2.29. The van der Waals surface area contributed by atoms with Crippen molar-refractivity contribution in [3.63, 3.8) is 0 Å². The molecule has 0 saturated heterocycles. The molecule has 0 radical (unpaired) electrons. The topological polar surface area (TPSA) is 49.4 Å². The fourth-order valence-electron chi connectivity index (χ4n) is 3.21. The number of benzene rings is 3. The van der Waals surface area contributed by atoms with Gasteiger partial charge in [0.25, 0.3) is 11.8 Å². The Morgan fingerprint density at radius 3 is 2.26 bits per heavy atom. The van der Waals surface area contributed by atoms with E-state index in [1.54, 1.807) is 36.4 Å². The molecular formula is C22H17IN2O2. The van der Waals surface area contributed by atoms with Crippen LogP contribution in [-0.2, 0) is 6.42 Å². The molecule has 5 heteroatoms. The number of para-hydroxylation sites is 1. The largest absolute Gasteiger partial charge is 0.322 e. The first-order chi connectivity index (χ1) is 13.1. The van der Waals surface area contributed by atoms with Crippen LogP contribution in [0.2, 0.25) is 0 Å². The van der Waals surface area contributed by atoms with Crippen LogP contribution in [0.3, 0.4) is 0 Å². The summed E-state index contributed by atoms with van der Waals surface area (Å²) in [4.78, 5) is 27.0. The lowest BCUT2D eigenvalue weighted by Gasteiger charge is -2.17. The zero-order chi connectivity index (χ0) is 18.8. The summed E-state index contributed by atoms with van der Waals surface area (Å²) in [5.74, 6) is -0.186. The first kappa shape index (κ1) is 17.7. The molecule has 1 heterocycles. The van der Waals surface area contributed by atoms with Crippen LogP contribution in [0.25, 0.3) is 0 Å². The van der Waals surface area contributed by atoms with Crippen molar-refractivity contribution in [1.82, 2.24) is 0 Å². The van der Waals surface area contributed by atoms with Crippen LogP contribution < -0.4 is 10.2 Å². The summed E-state index contributed by atoms with van der Waals surface area (Å²) in [7, 11) is 0. The number of fused-ring (bicyclic) bond motifs is 1. The summed E-state index contributed by atoms with van der Waals surface area (Å²) in [6, 6.07) is 22.4. The van der Waals surface area contributed by atoms with Crippen molar-refractivity contribution in [3.8, 4) is 0 Å². The zero-order valence-corrected chi connectivity index (χ0v) is 16.6. The second-order valence-corrected chi connectivity index (χ2v) is 7.62. The molecular weight excluding hydrogens is 451 g/mol. The van der Waals surface area contributed by atoms with Gasteiger partial charge in [0.15, 0.2) is 0 Å². The Balaban J connectivity index is 1.47. The molecule has 0 atom stereocenters. The monoisotopic (exact) mass is 468 g/mol. The van der Waals surface area contributed by atoms with Crippen molar-refractivity contribution < 1.29 is 9.59 Å². The lowest BCUT2D eigenvalue weighted by molar-refractivity contribution is 0.0988. The third-order valence-electron chi connectivity index (χ3n) is 4.63. The number of amides is 2. The van der Waals surface area contributed by atoms with Crippen LogP contribution in [0.5, 0.6) is 0 Å². The van der Waals surface area contributed by atoms with E-state index in [-0.39, 0.29) is 11.8 Å². The number of hydrogen-bond donors (Lipinski definition) is 1. The van der Waals surface area contributed by atoms with Crippen molar-refractivity contribution >= 4 is 45.8 Å². The highest BCUT2D eigenvalue weighted by Gasteiger charge is 2.24. The lowest BCUT2D eigenvalue weighted by atomic mass is 10.1. The van der Waals surface area contributed by atoms with Gasteiger partial charge in [0.1, 0.15) is 0 Å². The molecule has 1 N–H and O–H groups in total. The van der Waals surface area contributed by atoms with Crippen molar-refractivity contribution in [2.45, 2.75) is 6.42 Å². The lowest BCUT2D eigenvalue weighted by Crippen LogP contribution is -2.28. The first-order valence-electron chi connectivity index (χ1n) is 8.68. The van der Waals surface area contributed by atoms with Gasteiger partial charge >= 0.3 is 0 Å². The minimum atomic E-state index is -0.168. The average Bonchev–Trinajstić information content (AvgIpc) is 3.12. The summed E-state index contributed by atoms with van der Waals surface area (Å²) in [6.45, 7) is 0.698. The number of hydrogen-bond acceptors (Lipinski definition) is 2. The molecule has 0 fully saturated rings. The molecule has 0 aromatic heterocycles. The van der Waals surface area contributed by atoms with E-state index in [4.69, 9.17) is 0 Å². The Hall–Kier alpha value is -2.67. The Bertz CT molecular complexity index is 998. The van der Waals surface area contributed by atoms with Crippen LogP contribution in [0, 0.1) is 3.57 Å². The highest BCUT2D eigenvalue weighted by atomic mass is 127. The van der Waals surface area contributed by atoms with Gasteiger partial charge in [0.05, 0.1) is 0 Å². The maximum absolute atomic E-state index is 12.8.